The SMILES string of the molecule is Fc1ccc(/C=N/Nc2ncc(Cl)cc2Cl)c(F)c1. The van der Waals surface area contributed by atoms with Crippen molar-refractivity contribution in [2.45, 2.75) is 0 Å². The Hall–Kier alpha value is -1.72. The van der Waals surface area contributed by atoms with Crippen LogP contribution in [0.4, 0.5) is 14.6 Å². The van der Waals surface area contributed by atoms with Gasteiger partial charge >= 0.3 is 0 Å². The lowest BCUT2D eigenvalue weighted by molar-refractivity contribution is 0.582. The number of nitrogens with one attached hydrogen (secondary N) is 1. The smallest absolute Gasteiger partial charge is 0.165 e. The number of hydrogen-bond donors (Lipinski definition) is 1. The zero-order valence-corrected chi connectivity index (χ0v) is 10.9. The summed E-state index contributed by atoms with van der Waals surface area (Å²) in [7, 11) is 0. The maximum absolute atomic E-state index is 13.3. The molecule has 0 fully saturated rings. The van der Waals surface area contributed by atoms with Crippen LogP contribution in [0.1, 0.15) is 5.56 Å². The minimum atomic E-state index is -0.708. The van der Waals surface area contributed by atoms with E-state index in [2.05, 4.69) is 15.5 Å². The van der Waals surface area contributed by atoms with E-state index in [1.807, 2.05) is 0 Å². The Labute approximate surface area is 117 Å². The van der Waals surface area contributed by atoms with E-state index in [4.69, 9.17) is 23.2 Å². The number of benzene rings is 1. The standard InChI is InChI=1S/C12H7Cl2F2N3/c13-8-3-10(14)12(17-6-8)19-18-5-7-1-2-9(15)4-11(7)16/h1-6H,(H,17,19)/b18-5+. The Balaban J connectivity index is 2.11. The quantitative estimate of drug-likeness (QED) is 0.684. The molecule has 2 rings (SSSR count). The first-order chi connectivity index (χ1) is 9.06. The highest BCUT2D eigenvalue weighted by molar-refractivity contribution is 6.35. The summed E-state index contributed by atoms with van der Waals surface area (Å²) in [4.78, 5) is 3.90. The number of anilines is 1. The third-order valence-corrected chi connectivity index (χ3v) is 2.64. The maximum Gasteiger partial charge on any atom is 0.165 e. The van der Waals surface area contributed by atoms with Gasteiger partial charge in [-0.3, -0.25) is 5.43 Å². The largest absolute Gasteiger partial charge is 0.260 e. The fraction of sp³-hybridized carbons (Fsp3) is 0. The van der Waals surface area contributed by atoms with Gasteiger partial charge in [-0.15, -0.1) is 0 Å². The van der Waals surface area contributed by atoms with Crippen LogP contribution in [0.15, 0.2) is 35.6 Å². The van der Waals surface area contributed by atoms with E-state index >= 15 is 0 Å². The van der Waals surface area contributed by atoms with Crippen molar-refractivity contribution in [1.82, 2.24) is 4.98 Å². The van der Waals surface area contributed by atoms with Crippen LogP contribution in [0.25, 0.3) is 0 Å². The van der Waals surface area contributed by atoms with Crippen LogP contribution >= 0.6 is 23.2 Å². The van der Waals surface area contributed by atoms with Crippen molar-refractivity contribution in [1.29, 1.82) is 0 Å². The van der Waals surface area contributed by atoms with Crippen LogP contribution in [-0.4, -0.2) is 11.2 Å². The monoisotopic (exact) mass is 301 g/mol. The number of pyridine rings is 1. The Bertz CT molecular complexity index is 632. The highest BCUT2D eigenvalue weighted by atomic mass is 35.5. The Kier molecular flexibility index (Phi) is 4.29. The van der Waals surface area contributed by atoms with Gasteiger partial charge in [0.25, 0.3) is 0 Å². The Morgan fingerprint density at radius 2 is 2.00 bits per heavy atom. The minimum Gasteiger partial charge on any atom is -0.260 e. The first kappa shape index (κ1) is 13.7. The molecule has 0 aliphatic carbocycles. The number of rotatable bonds is 3. The summed E-state index contributed by atoms with van der Waals surface area (Å²) in [5, 5.41) is 4.44. The molecule has 2 aromatic rings. The number of nitrogens with zero attached hydrogens (tertiary/aromatic N) is 2. The molecule has 1 N–H and O–H groups in total. The molecule has 0 bridgehead atoms. The summed E-state index contributed by atoms with van der Waals surface area (Å²) in [6.07, 6.45) is 2.59. The molecule has 1 heterocycles. The van der Waals surface area contributed by atoms with Crippen molar-refractivity contribution in [2.24, 2.45) is 5.10 Å². The summed E-state index contributed by atoms with van der Waals surface area (Å²) in [6.45, 7) is 0. The molecule has 0 saturated heterocycles. The van der Waals surface area contributed by atoms with Crippen molar-refractivity contribution in [3.05, 3.63) is 57.7 Å². The molecular formula is C12H7Cl2F2N3. The second-order valence-electron chi connectivity index (χ2n) is 3.52. The molecule has 0 aliphatic rings. The van der Waals surface area contributed by atoms with Crippen LogP contribution in [0.3, 0.4) is 0 Å². The molecule has 98 valence electrons. The van der Waals surface area contributed by atoms with Gasteiger partial charge in [0.2, 0.25) is 0 Å². The van der Waals surface area contributed by atoms with Gasteiger partial charge in [-0.2, -0.15) is 5.10 Å². The fourth-order valence-corrected chi connectivity index (χ4v) is 1.69. The second kappa shape index (κ2) is 5.95. The number of halogens is 4. The van der Waals surface area contributed by atoms with Gasteiger partial charge in [-0.25, -0.2) is 13.8 Å². The summed E-state index contributed by atoms with van der Waals surface area (Å²) in [5.74, 6) is -1.07. The van der Waals surface area contributed by atoms with Crippen molar-refractivity contribution in [3.63, 3.8) is 0 Å². The third kappa shape index (κ3) is 3.62. The van der Waals surface area contributed by atoms with Crippen molar-refractivity contribution < 1.29 is 8.78 Å². The lowest BCUT2D eigenvalue weighted by Crippen LogP contribution is -1.96. The first-order valence-corrected chi connectivity index (χ1v) is 5.87. The fourth-order valence-electron chi connectivity index (χ4n) is 1.27. The van der Waals surface area contributed by atoms with Gasteiger partial charge in [-0.1, -0.05) is 23.2 Å². The maximum atomic E-state index is 13.3. The molecule has 0 amide bonds. The van der Waals surface area contributed by atoms with E-state index in [0.29, 0.717) is 5.02 Å². The van der Waals surface area contributed by atoms with Crippen molar-refractivity contribution >= 4 is 35.2 Å². The van der Waals surface area contributed by atoms with Crippen LogP contribution in [0, 0.1) is 11.6 Å². The number of hydrogen-bond acceptors (Lipinski definition) is 3. The Morgan fingerprint density at radius 1 is 1.21 bits per heavy atom. The van der Waals surface area contributed by atoms with Crippen LogP contribution in [-0.2, 0) is 0 Å². The van der Waals surface area contributed by atoms with Gasteiger partial charge in [-0.05, 0) is 18.2 Å². The normalized spacial score (nSPS) is 10.9. The Morgan fingerprint density at radius 3 is 2.68 bits per heavy atom. The predicted octanol–water partition coefficient (Wildman–Crippen LogP) is 4.11. The minimum absolute atomic E-state index is 0.138. The molecule has 1 aromatic carbocycles. The van der Waals surface area contributed by atoms with E-state index in [1.165, 1.54) is 24.5 Å². The molecule has 0 radical (unpaired) electrons. The van der Waals surface area contributed by atoms with E-state index in [0.717, 1.165) is 12.1 Å². The molecule has 19 heavy (non-hydrogen) atoms. The predicted molar refractivity (Wildman–Crippen MR) is 71.8 cm³/mol. The molecule has 0 unspecified atom stereocenters. The van der Waals surface area contributed by atoms with Crippen molar-refractivity contribution in [2.75, 3.05) is 5.43 Å². The average Bonchev–Trinajstić information content (AvgIpc) is 2.34. The van der Waals surface area contributed by atoms with Gasteiger partial charge in [0.1, 0.15) is 11.6 Å². The van der Waals surface area contributed by atoms with Crippen LogP contribution in [0.5, 0.6) is 0 Å². The second-order valence-corrected chi connectivity index (χ2v) is 4.36. The summed E-state index contributed by atoms with van der Waals surface area (Å²) < 4.78 is 26.0. The van der Waals surface area contributed by atoms with Gasteiger partial charge < -0.3 is 0 Å². The molecule has 3 nitrogen and oxygen atoms in total. The van der Waals surface area contributed by atoms with E-state index in [-0.39, 0.29) is 16.4 Å². The molecule has 7 heteroatoms. The average molecular weight is 302 g/mol. The summed E-state index contributed by atoms with van der Waals surface area (Å²) >= 11 is 11.5. The summed E-state index contributed by atoms with van der Waals surface area (Å²) in [5.41, 5.74) is 2.68. The van der Waals surface area contributed by atoms with E-state index < -0.39 is 11.6 Å². The van der Waals surface area contributed by atoms with Crippen LogP contribution in [0.2, 0.25) is 10.0 Å². The lowest BCUT2D eigenvalue weighted by atomic mass is 10.2. The van der Waals surface area contributed by atoms with Gasteiger partial charge in [0, 0.05) is 17.8 Å². The van der Waals surface area contributed by atoms with E-state index in [1.54, 1.807) is 0 Å². The molecule has 1 aromatic heterocycles. The third-order valence-electron chi connectivity index (χ3n) is 2.14. The zero-order valence-electron chi connectivity index (χ0n) is 9.37. The highest BCUT2D eigenvalue weighted by Gasteiger charge is 2.02. The van der Waals surface area contributed by atoms with E-state index in [9.17, 15) is 8.78 Å². The molecular weight excluding hydrogens is 295 g/mol. The van der Waals surface area contributed by atoms with Crippen molar-refractivity contribution in [3.8, 4) is 0 Å². The summed E-state index contributed by atoms with van der Waals surface area (Å²) in [6, 6.07) is 4.67. The molecule has 0 aliphatic heterocycles. The van der Waals surface area contributed by atoms with Crippen LogP contribution < -0.4 is 5.43 Å². The zero-order chi connectivity index (χ0) is 13.8. The van der Waals surface area contributed by atoms with Gasteiger partial charge in [0.15, 0.2) is 5.82 Å². The highest BCUT2D eigenvalue weighted by Crippen LogP contribution is 2.22. The number of aromatic nitrogens is 1. The molecule has 0 spiro atoms. The first-order valence-electron chi connectivity index (χ1n) is 5.11. The van der Waals surface area contributed by atoms with Gasteiger partial charge in [0.05, 0.1) is 16.3 Å². The topological polar surface area (TPSA) is 37.3 Å². The molecule has 0 saturated carbocycles. The number of hydrazone groups is 1. The molecule has 0 atom stereocenters. The lowest BCUT2D eigenvalue weighted by Gasteiger charge is -2.02.